The van der Waals surface area contributed by atoms with Crippen molar-refractivity contribution in [3.63, 3.8) is 0 Å². The van der Waals surface area contributed by atoms with Gasteiger partial charge in [-0.3, -0.25) is 4.99 Å². The molecule has 0 radical (unpaired) electrons. The van der Waals surface area contributed by atoms with Crippen LogP contribution in [0.25, 0.3) is 0 Å². The number of nitrogens with zero attached hydrogens (tertiary/aromatic N) is 3. The number of nitrogens with one attached hydrogen (secondary N) is 2. The Labute approximate surface area is 183 Å². The summed E-state index contributed by atoms with van der Waals surface area (Å²) in [5.41, 5.74) is 2.45. The Morgan fingerprint density at radius 3 is 2.46 bits per heavy atom. The molecule has 148 valence electrons. The molecule has 7 heteroatoms. The summed E-state index contributed by atoms with van der Waals surface area (Å²) >= 11 is 0. The molecule has 0 unspecified atom stereocenters. The highest BCUT2D eigenvalue weighted by Gasteiger charge is 2.00. The molecule has 2 N–H and O–H groups in total. The van der Waals surface area contributed by atoms with Crippen LogP contribution < -0.4 is 15.4 Å². The number of para-hydroxylation sites is 1. The molecule has 2 aromatic carbocycles. The molecule has 0 atom stereocenters. The Morgan fingerprint density at radius 1 is 1.04 bits per heavy atom. The van der Waals surface area contributed by atoms with Crippen LogP contribution in [0.2, 0.25) is 0 Å². The number of rotatable bonds is 8. The van der Waals surface area contributed by atoms with Crippen molar-refractivity contribution in [1.82, 2.24) is 20.2 Å². The maximum Gasteiger partial charge on any atom is 0.191 e. The van der Waals surface area contributed by atoms with Gasteiger partial charge >= 0.3 is 0 Å². The van der Waals surface area contributed by atoms with E-state index in [4.69, 9.17) is 4.74 Å². The van der Waals surface area contributed by atoms with E-state index in [1.807, 2.05) is 42.9 Å². The molecule has 0 spiro atoms. The molecule has 0 aliphatic heterocycles. The Bertz CT molecular complexity index is 820. The highest BCUT2D eigenvalue weighted by atomic mass is 127. The van der Waals surface area contributed by atoms with Crippen molar-refractivity contribution in [1.29, 1.82) is 0 Å². The lowest BCUT2D eigenvalue weighted by Crippen LogP contribution is -2.38. The third-order valence-electron chi connectivity index (χ3n) is 4.04. The Balaban J connectivity index is 0.00000280. The minimum absolute atomic E-state index is 0. The molecular formula is C21H26IN5O. The first-order valence-corrected chi connectivity index (χ1v) is 8.99. The van der Waals surface area contributed by atoms with Gasteiger partial charge in [0.15, 0.2) is 5.96 Å². The third-order valence-corrected chi connectivity index (χ3v) is 4.04. The fourth-order valence-electron chi connectivity index (χ4n) is 2.62. The molecule has 6 nitrogen and oxygen atoms in total. The van der Waals surface area contributed by atoms with Crippen LogP contribution in [0.15, 0.2) is 78.3 Å². The topological polar surface area (TPSA) is 63.5 Å². The summed E-state index contributed by atoms with van der Waals surface area (Å²) in [4.78, 5) is 8.31. The van der Waals surface area contributed by atoms with Gasteiger partial charge in [-0.25, -0.2) is 4.98 Å². The number of hydrogen-bond donors (Lipinski definition) is 2. The molecule has 0 aliphatic rings. The van der Waals surface area contributed by atoms with Gasteiger partial charge in [0, 0.05) is 32.5 Å². The highest BCUT2D eigenvalue weighted by molar-refractivity contribution is 14.0. The fourth-order valence-corrected chi connectivity index (χ4v) is 2.62. The third kappa shape index (κ3) is 7.22. The normalized spacial score (nSPS) is 10.8. The lowest BCUT2D eigenvalue weighted by atomic mass is 10.1. The van der Waals surface area contributed by atoms with Gasteiger partial charge in [0.2, 0.25) is 0 Å². The van der Waals surface area contributed by atoms with Crippen LogP contribution in [0.1, 0.15) is 11.1 Å². The van der Waals surface area contributed by atoms with Crippen molar-refractivity contribution in [3.05, 3.63) is 84.4 Å². The second-order valence-electron chi connectivity index (χ2n) is 6.07. The van der Waals surface area contributed by atoms with Gasteiger partial charge in [0.05, 0.1) is 12.9 Å². The number of halogens is 1. The van der Waals surface area contributed by atoms with Crippen LogP contribution in [-0.4, -0.2) is 35.7 Å². The minimum Gasteiger partial charge on any atom is -0.492 e. The lowest BCUT2D eigenvalue weighted by molar-refractivity contribution is 0.322. The summed E-state index contributed by atoms with van der Waals surface area (Å²) in [5, 5.41) is 6.57. The molecule has 1 aromatic heterocycles. The SMILES string of the molecule is CN=C(NCCOc1ccccc1)NCc1ccc(Cn2ccnc2)cc1.I. The molecule has 0 aliphatic carbocycles. The predicted octanol–water partition coefficient (Wildman–Crippen LogP) is 3.29. The van der Waals surface area contributed by atoms with E-state index in [2.05, 4.69) is 49.4 Å². The van der Waals surface area contributed by atoms with E-state index >= 15 is 0 Å². The van der Waals surface area contributed by atoms with E-state index in [-0.39, 0.29) is 24.0 Å². The van der Waals surface area contributed by atoms with Crippen LogP contribution in [0.5, 0.6) is 5.75 Å². The first kappa shape index (κ1) is 21.7. The molecule has 0 amide bonds. The van der Waals surface area contributed by atoms with E-state index in [9.17, 15) is 0 Å². The summed E-state index contributed by atoms with van der Waals surface area (Å²) in [6.45, 7) is 2.80. The number of aliphatic imine (C=N–C) groups is 1. The monoisotopic (exact) mass is 491 g/mol. The Morgan fingerprint density at radius 2 is 1.79 bits per heavy atom. The van der Waals surface area contributed by atoms with Crippen LogP contribution in [0.3, 0.4) is 0 Å². The Hall–Kier alpha value is -2.55. The number of aromatic nitrogens is 2. The van der Waals surface area contributed by atoms with Gasteiger partial charge < -0.3 is 19.9 Å². The van der Waals surface area contributed by atoms with E-state index in [1.54, 1.807) is 13.2 Å². The van der Waals surface area contributed by atoms with Gasteiger partial charge in [-0.05, 0) is 23.3 Å². The summed E-state index contributed by atoms with van der Waals surface area (Å²) in [5.74, 6) is 1.63. The van der Waals surface area contributed by atoms with E-state index in [0.717, 1.165) is 18.3 Å². The summed E-state index contributed by atoms with van der Waals surface area (Å²) in [7, 11) is 1.77. The van der Waals surface area contributed by atoms with Gasteiger partial charge in [-0.15, -0.1) is 24.0 Å². The molecule has 28 heavy (non-hydrogen) atoms. The minimum atomic E-state index is 0. The fraction of sp³-hybridized carbons (Fsp3) is 0.238. The zero-order valence-corrected chi connectivity index (χ0v) is 18.2. The van der Waals surface area contributed by atoms with Crippen molar-refractivity contribution in [2.24, 2.45) is 4.99 Å². The first-order chi connectivity index (χ1) is 13.3. The van der Waals surface area contributed by atoms with E-state index in [1.165, 1.54) is 11.1 Å². The standard InChI is InChI=1S/C21H25N5O.HI/c1-22-21(24-12-14-27-20-5-3-2-4-6-20)25-15-18-7-9-19(10-8-18)16-26-13-11-23-17-26;/h2-11,13,17H,12,14-16H2,1H3,(H2,22,24,25);1H. The lowest BCUT2D eigenvalue weighted by Gasteiger charge is -2.13. The average molecular weight is 491 g/mol. The zero-order chi connectivity index (χ0) is 18.7. The summed E-state index contributed by atoms with van der Waals surface area (Å²) in [6.07, 6.45) is 5.58. The van der Waals surface area contributed by atoms with Crippen molar-refractivity contribution in [2.75, 3.05) is 20.2 Å². The highest BCUT2D eigenvalue weighted by Crippen LogP contribution is 2.08. The van der Waals surface area contributed by atoms with Crippen molar-refractivity contribution in [3.8, 4) is 5.75 Å². The molecular weight excluding hydrogens is 465 g/mol. The van der Waals surface area contributed by atoms with Gasteiger partial charge in [0.1, 0.15) is 12.4 Å². The summed E-state index contributed by atoms with van der Waals surface area (Å²) in [6, 6.07) is 18.3. The maximum atomic E-state index is 5.67. The second-order valence-corrected chi connectivity index (χ2v) is 6.07. The molecule has 1 heterocycles. The van der Waals surface area contributed by atoms with Crippen molar-refractivity contribution in [2.45, 2.75) is 13.1 Å². The zero-order valence-electron chi connectivity index (χ0n) is 15.9. The van der Waals surface area contributed by atoms with Gasteiger partial charge in [0.25, 0.3) is 0 Å². The van der Waals surface area contributed by atoms with Crippen LogP contribution in [0.4, 0.5) is 0 Å². The quantitative estimate of drug-likeness (QED) is 0.220. The van der Waals surface area contributed by atoms with E-state index < -0.39 is 0 Å². The molecule has 0 saturated heterocycles. The van der Waals surface area contributed by atoms with Gasteiger partial charge in [-0.2, -0.15) is 0 Å². The van der Waals surface area contributed by atoms with Gasteiger partial charge in [-0.1, -0.05) is 42.5 Å². The van der Waals surface area contributed by atoms with Crippen LogP contribution in [0, 0.1) is 0 Å². The largest absolute Gasteiger partial charge is 0.492 e. The number of benzene rings is 2. The molecule has 0 bridgehead atoms. The van der Waals surface area contributed by atoms with Crippen molar-refractivity contribution >= 4 is 29.9 Å². The van der Waals surface area contributed by atoms with Crippen LogP contribution >= 0.6 is 24.0 Å². The van der Waals surface area contributed by atoms with Crippen molar-refractivity contribution < 1.29 is 4.74 Å². The van der Waals surface area contributed by atoms with Crippen LogP contribution in [-0.2, 0) is 13.1 Å². The number of ether oxygens (including phenoxy) is 1. The van der Waals surface area contributed by atoms with E-state index in [0.29, 0.717) is 19.7 Å². The number of hydrogen-bond acceptors (Lipinski definition) is 3. The smallest absolute Gasteiger partial charge is 0.191 e. The first-order valence-electron chi connectivity index (χ1n) is 8.99. The molecule has 0 fully saturated rings. The Kier molecular flexibility index (Phi) is 9.33. The summed E-state index contributed by atoms with van der Waals surface area (Å²) < 4.78 is 7.72. The number of guanidine groups is 1. The molecule has 0 saturated carbocycles. The molecule has 3 rings (SSSR count). The predicted molar refractivity (Wildman–Crippen MR) is 123 cm³/mol. The molecule has 3 aromatic rings. The average Bonchev–Trinajstić information content (AvgIpc) is 3.22. The number of imidazole rings is 1. The second kappa shape index (κ2) is 12.0. The maximum absolute atomic E-state index is 5.67.